The first-order chi connectivity index (χ1) is 6.48. The van der Waals surface area contributed by atoms with Gasteiger partial charge in [0.1, 0.15) is 0 Å². The number of fused-ring (bicyclic) bond motifs is 1. The van der Waals surface area contributed by atoms with Crippen molar-refractivity contribution in [1.82, 2.24) is 14.6 Å². The Labute approximate surface area is 81.6 Å². The average molecular weight is 191 g/mol. The third-order valence-corrected chi connectivity index (χ3v) is 2.19. The van der Waals surface area contributed by atoms with Crippen LogP contribution in [-0.4, -0.2) is 14.6 Å². The first-order valence-electron chi connectivity index (χ1n) is 4.55. The lowest BCUT2D eigenvalue weighted by Gasteiger charge is -2.18. The largest absolute Gasteiger partial charge is 0.296 e. The number of aromatic amines is 1. The van der Waals surface area contributed by atoms with E-state index >= 15 is 0 Å². The molecule has 0 fully saturated rings. The van der Waals surface area contributed by atoms with Gasteiger partial charge in [-0.05, 0) is 0 Å². The van der Waals surface area contributed by atoms with Crippen LogP contribution in [0.4, 0.5) is 0 Å². The standard InChI is InChI=1S/C10H13N3O/c1-10(2,3)8-6-7(14)9-11-4-5-13(9)12-8/h4-6,12H,1-3H3. The van der Waals surface area contributed by atoms with Crippen molar-refractivity contribution in [3.63, 3.8) is 0 Å². The van der Waals surface area contributed by atoms with E-state index in [1.807, 2.05) is 0 Å². The van der Waals surface area contributed by atoms with Gasteiger partial charge in [-0.3, -0.25) is 9.89 Å². The molecule has 4 nitrogen and oxygen atoms in total. The van der Waals surface area contributed by atoms with Crippen molar-refractivity contribution in [2.75, 3.05) is 0 Å². The number of nitrogens with one attached hydrogen (secondary N) is 1. The maximum Gasteiger partial charge on any atom is 0.224 e. The summed E-state index contributed by atoms with van der Waals surface area (Å²) in [7, 11) is 0. The van der Waals surface area contributed by atoms with Crippen LogP contribution in [0.1, 0.15) is 26.5 Å². The van der Waals surface area contributed by atoms with Crippen LogP contribution in [0, 0.1) is 0 Å². The number of imidazole rings is 1. The van der Waals surface area contributed by atoms with E-state index in [1.165, 1.54) is 0 Å². The van der Waals surface area contributed by atoms with Crippen LogP contribution in [-0.2, 0) is 5.41 Å². The Bertz CT molecular complexity index is 516. The molecule has 14 heavy (non-hydrogen) atoms. The van der Waals surface area contributed by atoms with Crippen molar-refractivity contribution < 1.29 is 0 Å². The number of hydrogen-bond acceptors (Lipinski definition) is 2. The molecule has 0 saturated heterocycles. The van der Waals surface area contributed by atoms with Gasteiger partial charge in [0, 0.05) is 29.6 Å². The van der Waals surface area contributed by atoms with Crippen molar-refractivity contribution in [2.24, 2.45) is 0 Å². The Kier molecular flexibility index (Phi) is 1.74. The van der Waals surface area contributed by atoms with Crippen LogP contribution in [0.3, 0.4) is 0 Å². The maximum atomic E-state index is 11.6. The highest BCUT2D eigenvalue weighted by molar-refractivity contribution is 5.37. The molecule has 2 heterocycles. The molecule has 0 radical (unpaired) electrons. The molecule has 0 amide bonds. The smallest absolute Gasteiger partial charge is 0.224 e. The lowest BCUT2D eigenvalue weighted by Crippen LogP contribution is -2.20. The molecular formula is C10H13N3O. The maximum absolute atomic E-state index is 11.6. The molecule has 0 aliphatic rings. The summed E-state index contributed by atoms with van der Waals surface area (Å²) in [5.74, 6) is 0. The average Bonchev–Trinajstić information content (AvgIpc) is 2.50. The van der Waals surface area contributed by atoms with Crippen LogP contribution in [0.5, 0.6) is 0 Å². The topological polar surface area (TPSA) is 50.2 Å². The zero-order chi connectivity index (χ0) is 10.3. The molecule has 2 aromatic heterocycles. The quantitative estimate of drug-likeness (QED) is 0.682. The lowest BCUT2D eigenvalue weighted by atomic mass is 9.92. The Morgan fingerprint density at radius 3 is 2.79 bits per heavy atom. The van der Waals surface area contributed by atoms with Crippen molar-refractivity contribution >= 4 is 5.65 Å². The van der Waals surface area contributed by atoms with E-state index in [4.69, 9.17) is 0 Å². The summed E-state index contributed by atoms with van der Waals surface area (Å²) in [6.07, 6.45) is 3.35. The van der Waals surface area contributed by atoms with Crippen LogP contribution >= 0.6 is 0 Å². The van der Waals surface area contributed by atoms with Gasteiger partial charge in [0.2, 0.25) is 5.43 Å². The molecule has 0 atom stereocenters. The second-order valence-corrected chi connectivity index (χ2v) is 4.40. The Hall–Kier alpha value is -1.58. The van der Waals surface area contributed by atoms with Gasteiger partial charge in [0.15, 0.2) is 5.65 Å². The van der Waals surface area contributed by atoms with E-state index in [1.54, 1.807) is 23.0 Å². The van der Waals surface area contributed by atoms with Crippen LogP contribution in [0.2, 0.25) is 0 Å². The van der Waals surface area contributed by atoms with Gasteiger partial charge >= 0.3 is 0 Å². The van der Waals surface area contributed by atoms with Gasteiger partial charge in [-0.25, -0.2) is 9.50 Å². The SMILES string of the molecule is CC(C)(C)c1cc(=O)c2nccn2[nH]1. The zero-order valence-corrected chi connectivity index (χ0v) is 8.53. The van der Waals surface area contributed by atoms with E-state index in [9.17, 15) is 4.79 Å². The fraction of sp³-hybridized carbons (Fsp3) is 0.400. The molecule has 0 bridgehead atoms. The minimum Gasteiger partial charge on any atom is -0.296 e. The summed E-state index contributed by atoms with van der Waals surface area (Å²) < 4.78 is 1.66. The second-order valence-electron chi connectivity index (χ2n) is 4.40. The normalized spacial score (nSPS) is 12.2. The van der Waals surface area contributed by atoms with Gasteiger partial charge in [0.05, 0.1) is 0 Å². The number of rotatable bonds is 0. The summed E-state index contributed by atoms with van der Waals surface area (Å²) in [6.45, 7) is 6.17. The van der Waals surface area contributed by atoms with Crippen molar-refractivity contribution in [1.29, 1.82) is 0 Å². The van der Waals surface area contributed by atoms with Gasteiger partial charge in [-0.2, -0.15) is 0 Å². The number of hydrogen-bond donors (Lipinski definition) is 1. The highest BCUT2D eigenvalue weighted by Gasteiger charge is 2.16. The molecule has 0 aliphatic heterocycles. The molecular weight excluding hydrogens is 178 g/mol. The highest BCUT2D eigenvalue weighted by Crippen LogP contribution is 2.17. The zero-order valence-electron chi connectivity index (χ0n) is 8.53. The first kappa shape index (κ1) is 8.99. The van der Waals surface area contributed by atoms with Gasteiger partial charge < -0.3 is 0 Å². The third kappa shape index (κ3) is 1.32. The fourth-order valence-electron chi connectivity index (χ4n) is 1.32. The minimum absolute atomic E-state index is 0.0429. The number of H-pyrrole nitrogens is 1. The van der Waals surface area contributed by atoms with Gasteiger partial charge in [-0.1, -0.05) is 20.8 Å². The molecule has 0 unspecified atom stereocenters. The summed E-state index contributed by atoms with van der Waals surface area (Å²) in [5.41, 5.74) is 1.25. The van der Waals surface area contributed by atoms with Crippen LogP contribution in [0.25, 0.3) is 5.65 Å². The van der Waals surface area contributed by atoms with E-state index in [2.05, 4.69) is 30.9 Å². The molecule has 0 aromatic carbocycles. The van der Waals surface area contributed by atoms with Gasteiger partial charge in [-0.15, -0.1) is 0 Å². The molecule has 2 aromatic rings. The Balaban J connectivity index is 2.77. The Morgan fingerprint density at radius 1 is 1.43 bits per heavy atom. The van der Waals surface area contributed by atoms with Gasteiger partial charge in [0.25, 0.3) is 0 Å². The fourth-order valence-corrected chi connectivity index (χ4v) is 1.32. The predicted molar refractivity (Wildman–Crippen MR) is 54.5 cm³/mol. The molecule has 74 valence electrons. The molecule has 0 spiro atoms. The van der Waals surface area contributed by atoms with E-state index in [0.717, 1.165) is 5.69 Å². The summed E-state index contributed by atoms with van der Waals surface area (Å²) in [6, 6.07) is 1.61. The van der Waals surface area contributed by atoms with E-state index in [-0.39, 0.29) is 10.8 Å². The number of nitrogens with zero attached hydrogens (tertiary/aromatic N) is 2. The minimum atomic E-state index is -0.0579. The van der Waals surface area contributed by atoms with Crippen LogP contribution in [0.15, 0.2) is 23.3 Å². The molecule has 4 heteroatoms. The Morgan fingerprint density at radius 2 is 2.14 bits per heavy atom. The molecule has 0 saturated carbocycles. The van der Waals surface area contributed by atoms with E-state index in [0.29, 0.717) is 5.65 Å². The molecule has 1 N–H and O–H groups in total. The third-order valence-electron chi connectivity index (χ3n) is 2.19. The summed E-state index contributed by atoms with van der Waals surface area (Å²) in [5, 5.41) is 3.14. The van der Waals surface area contributed by atoms with Crippen molar-refractivity contribution in [2.45, 2.75) is 26.2 Å². The van der Waals surface area contributed by atoms with Crippen molar-refractivity contribution in [3.05, 3.63) is 34.4 Å². The summed E-state index contributed by atoms with van der Waals surface area (Å²) in [4.78, 5) is 15.6. The number of aromatic nitrogens is 3. The monoisotopic (exact) mass is 191 g/mol. The van der Waals surface area contributed by atoms with Crippen LogP contribution < -0.4 is 5.43 Å². The molecule has 2 rings (SSSR count). The lowest BCUT2D eigenvalue weighted by molar-refractivity contribution is 0.553. The van der Waals surface area contributed by atoms with Crippen molar-refractivity contribution in [3.8, 4) is 0 Å². The molecule has 0 aliphatic carbocycles. The highest BCUT2D eigenvalue weighted by atomic mass is 16.1. The summed E-state index contributed by atoms with van der Waals surface area (Å²) >= 11 is 0. The second kappa shape index (κ2) is 2.70. The van der Waals surface area contributed by atoms with E-state index < -0.39 is 0 Å². The first-order valence-corrected chi connectivity index (χ1v) is 4.55. The predicted octanol–water partition coefficient (Wildman–Crippen LogP) is 1.32.